The summed E-state index contributed by atoms with van der Waals surface area (Å²) in [7, 11) is 1.63. The topological polar surface area (TPSA) is 52.3 Å². The molecule has 1 rings (SSSR count). The number of ether oxygens (including phenoxy) is 1. The Kier molecular flexibility index (Phi) is 3.92. The van der Waals surface area contributed by atoms with Crippen LogP contribution in [0.15, 0.2) is 24.3 Å². The zero-order valence-electron chi connectivity index (χ0n) is 8.99. The first-order valence-corrected chi connectivity index (χ1v) is 4.72. The summed E-state index contributed by atoms with van der Waals surface area (Å²) in [5.74, 6) is 0.486. The van der Waals surface area contributed by atoms with E-state index in [-0.39, 0.29) is 12.3 Å². The summed E-state index contributed by atoms with van der Waals surface area (Å²) in [4.78, 5) is 10.5. The van der Waals surface area contributed by atoms with Gasteiger partial charge in [0.1, 0.15) is 5.75 Å². The van der Waals surface area contributed by atoms with Crippen LogP contribution in [0.1, 0.15) is 17.5 Å². The lowest BCUT2D eigenvalue weighted by Crippen LogP contribution is -2.07. The largest absolute Gasteiger partial charge is 0.497 e. The summed E-state index contributed by atoms with van der Waals surface area (Å²) < 4.78 is 5.14. The molecule has 1 aromatic rings. The molecule has 3 nitrogen and oxygen atoms in total. The molecule has 0 saturated heterocycles. The molecular weight excluding hydrogens is 190 g/mol. The molecule has 80 valence electrons. The van der Waals surface area contributed by atoms with Crippen molar-refractivity contribution in [2.75, 3.05) is 7.11 Å². The van der Waals surface area contributed by atoms with E-state index in [4.69, 9.17) is 10.5 Å². The Morgan fingerprint density at radius 2 is 2.20 bits per heavy atom. The van der Waals surface area contributed by atoms with Crippen LogP contribution < -0.4 is 10.5 Å². The Morgan fingerprint density at radius 1 is 1.47 bits per heavy atom. The highest BCUT2D eigenvalue weighted by atomic mass is 16.5. The lowest BCUT2D eigenvalue weighted by molar-refractivity contribution is -0.117. The van der Waals surface area contributed by atoms with Gasteiger partial charge >= 0.3 is 0 Å². The molecule has 0 saturated carbocycles. The number of aryl methyl sites for hydroxylation is 1. The predicted octanol–water partition coefficient (Wildman–Crippen LogP) is 1.89. The van der Waals surface area contributed by atoms with Crippen molar-refractivity contribution in [3.63, 3.8) is 0 Å². The van der Waals surface area contributed by atoms with Gasteiger partial charge in [0.15, 0.2) is 0 Å². The molecule has 0 radical (unpaired) electrons. The van der Waals surface area contributed by atoms with Gasteiger partial charge in [0, 0.05) is 6.42 Å². The van der Waals surface area contributed by atoms with Gasteiger partial charge in [-0.05, 0) is 30.2 Å². The lowest BCUT2D eigenvalue weighted by atomic mass is 10.1. The number of rotatable bonds is 4. The van der Waals surface area contributed by atoms with Crippen molar-refractivity contribution in [3.05, 3.63) is 35.4 Å². The number of benzene rings is 1. The van der Waals surface area contributed by atoms with Crippen LogP contribution in [0.2, 0.25) is 0 Å². The lowest BCUT2D eigenvalue weighted by Gasteiger charge is -2.03. The van der Waals surface area contributed by atoms with Gasteiger partial charge in [-0.2, -0.15) is 0 Å². The predicted molar refractivity (Wildman–Crippen MR) is 60.6 cm³/mol. The highest BCUT2D eigenvalue weighted by Gasteiger charge is 1.95. The number of hydrogen-bond donors (Lipinski definition) is 1. The van der Waals surface area contributed by atoms with Crippen LogP contribution in [0.4, 0.5) is 0 Å². The van der Waals surface area contributed by atoms with Gasteiger partial charge in [0.2, 0.25) is 5.91 Å². The van der Waals surface area contributed by atoms with Crippen molar-refractivity contribution in [1.29, 1.82) is 0 Å². The Bertz CT molecular complexity index is 383. The second-order valence-electron chi connectivity index (χ2n) is 3.36. The average molecular weight is 205 g/mol. The van der Waals surface area contributed by atoms with Crippen LogP contribution in [0, 0.1) is 6.92 Å². The number of nitrogens with two attached hydrogens (primary N) is 1. The summed E-state index contributed by atoms with van der Waals surface area (Å²) in [5, 5.41) is 0. The normalized spacial score (nSPS) is 10.5. The van der Waals surface area contributed by atoms with Gasteiger partial charge < -0.3 is 10.5 Å². The van der Waals surface area contributed by atoms with E-state index in [1.54, 1.807) is 13.2 Å². The molecule has 3 heteroatoms. The number of carbonyl (C=O) groups excluding carboxylic acids is 1. The Hall–Kier alpha value is -1.77. The van der Waals surface area contributed by atoms with E-state index in [2.05, 4.69) is 0 Å². The van der Waals surface area contributed by atoms with E-state index in [0.29, 0.717) is 0 Å². The molecule has 15 heavy (non-hydrogen) atoms. The van der Waals surface area contributed by atoms with Crippen LogP contribution in [0.3, 0.4) is 0 Å². The van der Waals surface area contributed by atoms with E-state index in [1.165, 1.54) is 0 Å². The maximum absolute atomic E-state index is 10.5. The van der Waals surface area contributed by atoms with Crippen molar-refractivity contribution in [2.45, 2.75) is 13.3 Å². The average Bonchev–Trinajstić information content (AvgIpc) is 2.16. The Morgan fingerprint density at radius 3 is 2.80 bits per heavy atom. The van der Waals surface area contributed by atoms with Gasteiger partial charge in [-0.25, -0.2) is 0 Å². The first-order chi connectivity index (χ1) is 7.11. The highest BCUT2D eigenvalue weighted by Crippen LogP contribution is 2.17. The van der Waals surface area contributed by atoms with Crippen molar-refractivity contribution in [2.24, 2.45) is 5.73 Å². The first-order valence-electron chi connectivity index (χ1n) is 4.72. The van der Waals surface area contributed by atoms with Gasteiger partial charge in [-0.1, -0.05) is 18.2 Å². The zero-order valence-corrected chi connectivity index (χ0v) is 8.99. The second kappa shape index (κ2) is 5.20. The van der Waals surface area contributed by atoms with Crippen molar-refractivity contribution >= 4 is 12.0 Å². The number of carbonyl (C=O) groups is 1. The molecule has 0 fully saturated rings. The fourth-order valence-electron chi connectivity index (χ4n) is 1.30. The summed E-state index contributed by atoms with van der Waals surface area (Å²) in [6.07, 6.45) is 3.87. The first kappa shape index (κ1) is 11.3. The smallest absolute Gasteiger partial charge is 0.221 e. The van der Waals surface area contributed by atoms with E-state index in [0.717, 1.165) is 16.9 Å². The third-order valence-corrected chi connectivity index (χ3v) is 1.94. The molecule has 0 aromatic heterocycles. The van der Waals surface area contributed by atoms with Gasteiger partial charge in [-0.3, -0.25) is 4.79 Å². The van der Waals surface area contributed by atoms with Crippen molar-refractivity contribution in [1.82, 2.24) is 0 Å². The minimum atomic E-state index is -0.328. The van der Waals surface area contributed by atoms with Crippen LogP contribution in [0.5, 0.6) is 5.75 Å². The van der Waals surface area contributed by atoms with Gasteiger partial charge in [0.25, 0.3) is 0 Å². The quantitative estimate of drug-likeness (QED) is 0.816. The molecule has 0 aliphatic rings. The molecule has 0 spiro atoms. The van der Waals surface area contributed by atoms with E-state index < -0.39 is 0 Å². The molecule has 0 bridgehead atoms. The van der Waals surface area contributed by atoms with Crippen LogP contribution in [0.25, 0.3) is 6.08 Å². The fourth-order valence-corrected chi connectivity index (χ4v) is 1.30. The van der Waals surface area contributed by atoms with Crippen LogP contribution in [-0.4, -0.2) is 13.0 Å². The third-order valence-electron chi connectivity index (χ3n) is 1.94. The summed E-state index contributed by atoms with van der Waals surface area (Å²) >= 11 is 0. The monoisotopic (exact) mass is 205 g/mol. The van der Waals surface area contributed by atoms with E-state index in [9.17, 15) is 4.79 Å². The Labute approximate surface area is 89.5 Å². The van der Waals surface area contributed by atoms with E-state index >= 15 is 0 Å². The molecule has 0 aliphatic heterocycles. The maximum atomic E-state index is 10.5. The fraction of sp³-hybridized carbons (Fsp3) is 0.250. The highest BCUT2D eigenvalue weighted by molar-refractivity contribution is 5.76. The number of methoxy groups -OCH3 is 1. The third kappa shape index (κ3) is 3.85. The summed E-state index contributed by atoms with van der Waals surface area (Å²) in [6.45, 7) is 1.99. The number of hydrogen-bond acceptors (Lipinski definition) is 2. The van der Waals surface area contributed by atoms with E-state index in [1.807, 2.05) is 31.2 Å². The molecule has 0 aliphatic carbocycles. The van der Waals surface area contributed by atoms with Crippen molar-refractivity contribution < 1.29 is 9.53 Å². The van der Waals surface area contributed by atoms with Gasteiger partial charge in [-0.15, -0.1) is 0 Å². The molecule has 1 amide bonds. The molecule has 0 unspecified atom stereocenters. The minimum absolute atomic E-state index is 0.260. The molecule has 1 aromatic carbocycles. The molecular formula is C12H15NO2. The van der Waals surface area contributed by atoms with Crippen LogP contribution in [-0.2, 0) is 4.79 Å². The standard InChI is InChI=1S/C12H15NO2/c1-9-6-10(4-3-5-12(13)14)8-11(7-9)15-2/h3-4,6-8H,5H2,1-2H3,(H2,13,14). The minimum Gasteiger partial charge on any atom is -0.497 e. The molecule has 2 N–H and O–H groups in total. The second-order valence-corrected chi connectivity index (χ2v) is 3.36. The van der Waals surface area contributed by atoms with Crippen LogP contribution >= 0.6 is 0 Å². The van der Waals surface area contributed by atoms with Crippen molar-refractivity contribution in [3.8, 4) is 5.75 Å². The summed E-state index contributed by atoms with van der Waals surface area (Å²) in [6, 6.07) is 5.87. The molecule has 0 atom stereocenters. The molecule has 0 heterocycles. The SMILES string of the molecule is COc1cc(C)cc(C=CCC(N)=O)c1. The summed E-state index contributed by atoms with van der Waals surface area (Å²) in [5.41, 5.74) is 7.15. The number of primary amides is 1. The van der Waals surface area contributed by atoms with Gasteiger partial charge in [0.05, 0.1) is 7.11 Å². The zero-order chi connectivity index (χ0) is 11.3. The Balaban J connectivity index is 2.80. The number of amides is 1. The maximum Gasteiger partial charge on any atom is 0.221 e.